The molecule has 0 saturated carbocycles. The van der Waals surface area contributed by atoms with Crippen molar-refractivity contribution in [2.45, 2.75) is 39.5 Å². The number of nitrogens with zero attached hydrogens (tertiary/aromatic N) is 1. The summed E-state index contributed by atoms with van der Waals surface area (Å²) in [4.78, 5) is 18.4. The minimum Gasteiger partial charge on any atom is -0.484 e. The van der Waals surface area contributed by atoms with Crippen molar-refractivity contribution in [1.29, 1.82) is 0 Å². The lowest BCUT2D eigenvalue weighted by Gasteiger charge is -2.18. The number of aryl methyl sites for hydroxylation is 1. The molecular weight excluding hydrogens is 394 g/mol. The number of hydrogen-bond donors (Lipinski definition) is 2. The fourth-order valence-corrected chi connectivity index (χ4v) is 4.65. The van der Waals surface area contributed by atoms with Crippen LogP contribution in [-0.2, 0) is 17.9 Å². The van der Waals surface area contributed by atoms with Crippen LogP contribution in [0.25, 0.3) is 10.6 Å². The van der Waals surface area contributed by atoms with E-state index < -0.39 is 0 Å². The van der Waals surface area contributed by atoms with E-state index >= 15 is 0 Å². The Kier molecular flexibility index (Phi) is 6.45. The molecule has 2 aromatic carbocycles. The van der Waals surface area contributed by atoms with Crippen LogP contribution in [0.2, 0.25) is 0 Å². The van der Waals surface area contributed by atoms with E-state index in [4.69, 9.17) is 4.74 Å². The van der Waals surface area contributed by atoms with E-state index in [1.54, 1.807) is 11.3 Å². The van der Waals surface area contributed by atoms with Crippen LogP contribution in [0.15, 0.2) is 53.9 Å². The van der Waals surface area contributed by atoms with E-state index in [0.29, 0.717) is 13.0 Å². The fourth-order valence-electron chi connectivity index (χ4n) is 3.83. The van der Waals surface area contributed by atoms with Gasteiger partial charge >= 0.3 is 0 Å². The Morgan fingerprint density at radius 2 is 2.10 bits per heavy atom. The van der Waals surface area contributed by atoms with Gasteiger partial charge in [0.25, 0.3) is 0 Å². The summed E-state index contributed by atoms with van der Waals surface area (Å²) >= 11 is 1.61. The first-order chi connectivity index (χ1) is 14.6. The molecule has 0 spiro atoms. The molecule has 0 fully saturated rings. The van der Waals surface area contributed by atoms with Crippen LogP contribution in [0.5, 0.6) is 5.75 Å². The normalized spacial score (nSPS) is 18.2. The Labute approximate surface area is 181 Å². The molecule has 1 aliphatic rings. The molecule has 0 bridgehead atoms. The molecule has 6 heteroatoms. The summed E-state index contributed by atoms with van der Waals surface area (Å²) in [6.45, 7) is 7.25. The van der Waals surface area contributed by atoms with Gasteiger partial charge in [-0.05, 0) is 26.0 Å². The highest BCUT2D eigenvalue weighted by Crippen LogP contribution is 2.23. The standard InChI is InChI=1S/C24H27N3O2S/c1-17-8-9-22-20(12-17)15-27(14-18(2)29-22)11-10-23(28)25-13-21-16-30-24(26-21)19-6-4-3-5-7-19/h3-9,12,16,18H,10-11,13-15H2,1-2H3,(H,25,28)/p+1. The van der Waals surface area contributed by atoms with Gasteiger partial charge < -0.3 is 15.0 Å². The first-order valence-corrected chi connectivity index (χ1v) is 11.3. The number of hydrogen-bond acceptors (Lipinski definition) is 4. The quantitative estimate of drug-likeness (QED) is 0.642. The topological polar surface area (TPSA) is 55.7 Å². The number of carbonyl (C=O) groups is 1. The van der Waals surface area contributed by atoms with E-state index in [-0.39, 0.29) is 12.0 Å². The maximum atomic E-state index is 12.4. The molecule has 156 valence electrons. The molecule has 0 radical (unpaired) electrons. The monoisotopic (exact) mass is 422 g/mol. The summed E-state index contributed by atoms with van der Waals surface area (Å²) in [6, 6.07) is 16.5. The van der Waals surface area contributed by atoms with E-state index in [1.807, 2.05) is 23.6 Å². The van der Waals surface area contributed by atoms with Crippen LogP contribution in [-0.4, -0.2) is 30.1 Å². The van der Waals surface area contributed by atoms with Gasteiger partial charge in [0.05, 0.1) is 25.2 Å². The molecule has 4 rings (SSSR count). The van der Waals surface area contributed by atoms with Gasteiger partial charge in [-0.3, -0.25) is 4.79 Å². The van der Waals surface area contributed by atoms with Crippen molar-refractivity contribution in [2.75, 3.05) is 13.1 Å². The number of ether oxygens (including phenoxy) is 1. The van der Waals surface area contributed by atoms with E-state index in [9.17, 15) is 4.79 Å². The third-order valence-electron chi connectivity index (χ3n) is 5.31. The third-order valence-corrected chi connectivity index (χ3v) is 6.25. The van der Waals surface area contributed by atoms with Crippen molar-refractivity contribution in [3.05, 3.63) is 70.7 Å². The molecule has 1 amide bonds. The zero-order chi connectivity index (χ0) is 20.9. The van der Waals surface area contributed by atoms with Crippen molar-refractivity contribution in [1.82, 2.24) is 10.3 Å². The second-order valence-corrected chi connectivity index (χ2v) is 8.82. The SMILES string of the molecule is Cc1ccc2c(c1)C[NH+](CCC(=O)NCc1csc(-c3ccccc3)n1)CC(C)O2. The molecule has 0 saturated heterocycles. The van der Waals surface area contributed by atoms with Crippen LogP contribution in [0.3, 0.4) is 0 Å². The Bertz CT molecular complexity index is 1000. The molecule has 2 atom stereocenters. The van der Waals surface area contributed by atoms with E-state index in [1.165, 1.54) is 16.0 Å². The van der Waals surface area contributed by atoms with Gasteiger partial charge in [0.1, 0.15) is 30.0 Å². The van der Waals surface area contributed by atoms with Crippen LogP contribution in [0.4, 0.5) is 0 Å². The van der Waals surface area contributed by atoms with Crippen LogP contribution >= 0.6 is 11.3 Å². The summed E-state index contributed by atoms with van der Waals surface area (Å²) in [6.07, 6.45) is 0.636. The fraction of sp³-hybridized carbons (Fsp3) is 0.333. The van der Waals surface area contributed by atoms with E-state index in [0.717, 1.165) is 41.6 Å². The highest BCUT2D eigenvalue weighted by atomic mass is 32.1. The average molecular weight is 423 g/mol. The van der Waals surface area contributed by atoms with Crippen LogP contribution in [0.1, 0.15) is 30.2 Å². The van der Waals surface area contributed by atoms with Crippen molar-refractivity contribution < 1.29 is 14.4 Å². The molecule has 0 aliphatic carbocycles. The molecule has 3 aromatic rings. The lowest BCUT2D eigenvalue weighted by molar-refractivity contribution is -0.914. The van der Waals surface area contributed by atoms with Gasteiger partial charge in [0, 0.05) is 16.5 Å². The first kappa shape index (κ1) is 20.6. The van der Waals surface area contributed by atoms with Gasteiger partial charge in [-0.1, -0.05) is 42.0 Å². The maximum absolute atomic E-state index is 12.4. The van der Waals surface area contributed by atoms with Crippen LogP contribution in [0, 0.1) is 6.92 Å². The number of amides is 1. The third kappa shape index (κ3) is 5.26. The number of aromatic nitrogens is 1. The van der Waals surface area contributed by atoms with Crippen LogP contribution < -0.4 is 15.0 Å². The summed E-state index contributed by atoms with van der Waals surface area (Å²) in [7, 11) is 0. The van der Waals surface area contributed by atoms with Gasteiger partial charge in [0.2, 0.25) is 5.91 Å². The summed E-state index contributed by atoms with van der Waals surface area (Å²) in [5.74, 6) is 1.05. The second kappa shape index (κ2) is 9.41. The Hall–Kier alpha value is -2.70. The number of quaternary nitrogens is 1. The Balaban J connectivity index is 1.28. The predicted molar refractivity (Wildman–Crippen MR) is 120 cm³/mol. The number of carbonyl (C=O) groups excluding carboxylic acids is 1. The first-order valence-electron chi connectivity index (χ1n) is 10.4. The molecule has 2 heterocycles. The zero-order valence-electron chi connectivity index (χ0n) is 17.5. The minimum atomic E-state index is 0.0686. The highest BCUT2D eigenvalue weighted by molar-refractivity contribution is 7.13. The number of thiazole rings is 1. The summed E-state index contributed by atoms with van der Waals surface area (Å²) in [5, 5.41) is 6.02. The molecule has 30 heavy (non-hydrogen) atoms. The smallest absolute Gasteiger partial charge is 0.225 e. The zero-order valence-corrected chi connectivity index (χ0v) is 18.3. The summed E-state index contributed by atoms with van der Waals surface area (Å²) < 4.78 is 6.06. The lowest BCUT2D eigenvalue weighted by Crippen LogP contribution is -3.11. The Morgan fingerprint density at radius 3 is 2.93 bits per heavy atom. The van der Waals surface area contributed by atoms with Crippen molar-refractivity contribution in [3.63, 3.8) is 0 Å². The molecule has 2 N–H and O–H groups in total. The van der Waals surface area contributed by atoms with Crippen molar-refractivity contribution >= 4 is 17.2 Å². The number of rotatable bonds is 6. The van der Waals surface area contributed by atoms with Crippen molar-refractivity contribution in [3.8, 4) is 16.3 Å². The predicted octanol–water partition coefficient (Wildman–Crippen LogP) is 2.99. The largest absolute Gasteiger partial charge is 0.484 e. The average Bonchev–Trinajstić information content (AvgIpc) is 3.16. The van der Waals surface area contributed by atoms with Gasteiger partial charge in [-0.25, -0.2) is 4.98 Å². The molecule has 2 unspecified atom stereocenters. The Morgan fingerprint density at radius 1 is 1.27 bits per heavy atom. The van der Waals surface area contributed by atoms with E-state index in [2.05, 4.69) is 54.5 Å². The molecular formula is C24H28N3O2S+. The molecule has 5 nitrogen and oxygen atoms in total. The highest BCUT2D eigenvalue weighted by Gasteiger charge is 2.23. The molecule has 1 aliphatic heterocycles. The second-order valence-electron chi connectivity index (χ2n) is 7.96. The summed E-state index contributed by atoms with van der Waals surface area (Å²) in [5.41, 5.74) is 4.48. The number of benzene rings is 2. The molecule has 1 aromatic heterocycles. The number of nitrogens with one attached hydrogen (secondary N) is 2. The minimum absolute atomic E-state index is 0.0686. The maximum Gasteiger partial charge on any atom is 0.225 e. The van der Waals surface area contributed by atoms with Gasteiger partial charge in [-0.15, -0.1) is 11.3 Å². The lowest BCUT2D eigenvalue weighted by atomic mass is 10.1. The number of fused-ring (bicyclic) bond motifs is 1. The van der Waals surface area contributed by atoms with Gasteiger partial charge in [0.15, 0.2) is 0 Å². The van der Waals surface area contributed by atoms with Crippen molar-refractivity contribution in [2.24, 2.45) is 0 Å². The van der Waals surface area contributed by atoms with Gasteiger partial charge in [-0.2, -0.15) is 0 Å².